The van der Waals surface area contributed by atoms with Crippen molar-refractivity contribution in [1.82, 2.24) is 10.6 Å². The number of urea groups is 1. The lowest BCUT2D eigenvalue weighted by molar-refractivity contribution is 0.171. The highest BCUT2D eigenvalue weighted by Gasteiger charge is 2.22. The van der Waals surface area contributed by atoms with Crippen molar-refractivity contribution in [2.45, 2.75) is 19.0 Å². The first-order valence-electron chi connectivity index (χ1n) is 8.44. The van der Waals surface area contributed by atoms with Crippen LogP contribution in [0.3, 0.4) is 0 Å². The zero-order valence-corrected chi connectivity index (χ0v) is 13.8. The van der Waals surface area contributed by atoms with Crippen molar-refractivity contribution in [2.75, 3.05) is 19.8 Å². The maximum absolute atomic E-state index is 12.3. The second kappa shape index (κ2) is 6.93. The number of para-hydroxylation sites is 1. The summed E-state index contributed by atoms with van der Waals surface area (Å²) in [5, 5.41) is 5.92. The first kappa shape index (κ1) is 15.6. The van der Waals surface area contributed by atoms with Crippen molar-refractivity contribution < 1.29 is 19.0 Å². The Morgan fingerprint density at radius 3 is 2.68 bits per heavy atom. The number of hydrogen-bond donors (Lipinski definition) is 2. The summed E-state index contributed by atoms with van der Waals surface area (Å²) in [5.41, 5.74) is 1.98. The standard InChI is InChI=1S/C19H20N2O4/c22-19(21-15-7-8-23-16-4-2-1-3-14(15)16)20-12-13-5-6-17-18(11-13)25-10-9-24-17/h1-6,11,15H,7-10,12H2,(H2,20,21,22). The first-order chi connectivity index (χ1) is 12.3. The maximum atomic E-state index is 12.3. The highest BCUT2D eigenvalue weighted by molar-refractivity contribution is 5.74. The summed E-state index contributed by atoms with van der Waals surface area (Å²) in [4.78, 5) is 12.3. The molecule has 0 saturated heterocycles. The molecule has 2 aromatic rings. The van der Waals surface area contributed by atoms with E-state index in [1.165, 1.54) is 0 Å². The van der Waals surface area contributed by atoms with Crippen LogP contribution in [0.1, 0.15) is 23.6 Å². The quantitative estimate of drug-likeness (QED) is 0.901. The summed E-state index contributed by atoms with van der Waals surface area (Å²) >= 11 is 0. The van der Waals surface area contributed by atoms with E-state index in [1.807, 2.05) is 42.5 Å². The number of benzene rings is 2. The van der Waals surface area contributed by atoms with Gasteiger partial charge in [0.2, 0.25) is 0 Å². The zero-order chi connectivity index (χ0) is 17.1. The second-order valence-corrected chi connectivity index (χ2v) is 6.03. The van der Waals surface area contributed by atoms with Crippen LogP contribution in [0.25, 0.3) is 0 Å². The number of nitrogens with one attached hydrogen (secondary N) is 2. The third-order valence-corrected chi connectivity index (χ3v) is 4.32. The van der Waals surface area contributed by atoms with Crippen molar-refractivity contribution in [3.63, 3.8) is 0 Å². The van der Waals surface area contributed by atoms with Crippen LogP contribution in [0, 0.1) is 0 Å². The Hall–Kier alpha value is -2.89. The van der Waals surface area contributed by atoms with E-state index < -0.39 is 0 Å². The van der Waals surface area contributed by atoms with Crippen LogP contribution in [-0.4, -0.2) is 25.9 Å². The highest BCUT2D eigenvalue weighted by atomic mass is 16.6. The fourth-order valence-electron chi connectivity index (χ4n) is 3.08. The van der Waals surface area contributed by atoms with Crippen LogP contribution in [0.15, 0.2) is 42.5 Å². The molecule has 6 nitrogen and oxygen atoms in total. The van der Waals surface area contributed by atoms with Crippen molar-refractivity contribution in [3.05, 3.63) is 53.6 Å². The van der Waals surface area contributed by atoms with Gasteiger partial charge in [-0.15, -0.1) is 0 Å². The highest BCUT2D eigenvalue weighted by Crippen LogP contribution is 2.32. The molecule has 130 valence electrons. The predicted octanol–water partition coefficient (Wildman–Crippen LogP) is 2.78. The molecule has 0 saturated carbocycles. The van der Waals surface area contributed by atoms with Gasteiger partial charge in [-0.25, -0.2) is 4.79 Å². The van der Waals surface area contributed by atoms with Gasteiger partial charge in [-0.2, -0.15) is 0 Å². The molecule has 0 fully saturated rings. The normalized spacial score (nSPS) is 17.8. The van der Waals surface area contributed by atoms with Gasteiger partial charge in [0, 0.05) is 18.5 Å². The Kier molecular flexibility index (Phi) is 4.33. The van der Waals surface area contributed by atoms with Gasteiger partial charge in [-0.1, -0.05) is 24.3 Å². The van der Waals surface area contributed by atoms with Gasteiger partial charge in [0.25, 0.3) is 0 Å². The van der Waals surface area contributed by atoms with Gasteiger partial charge < -0.3 is 24.8 Å². The lowest BCUT2D eigenvalue weighted by atomic mass is 10.0. The lowest BCUT2D eigenvalue weighted by Gasteiger charge is -2.26. The minimum Gasteiger partial charge on any atom is -0.493 e. The van der Waals surface area contributed by atoms with Crippen LogP contribution in [0.5, 0.6) is 17.2 Å². The average Bonchev–Trinajstić information content (AvgIpc) is 2.66. The Morgan fingerprint density at radius 2 is 1.76 bits per heavy atom. The average molecular weight is 340 g/mol. The smallest absolute Gasteiger partial charge is 0.315 e. The molecule has 2 aliphatic heterocycles. The molecule has 2 amide bonds. The van der Waals surface area contributed by atoms with Crippen LogP contribution >= 0.6 is 0 Å². The van der Waals surface area contributed by atoms with Crippen molar-refractivity contribution in [2.24, 2.45) is 0 Å². The molecule has 0 spiro atoms. The molecule has 25 heavy (non-hydrogen) atoms. The molecule has 0 bridgehead atoms. The Labute approximate surface area is 146 Å². The van der Waals surface area contributed by atoms with Gasteiger partial charge in [0.1, 0.15) is 19.0 Å². The molecule has 2 heterocycles. The molecule has 6 heteroatoms. The van der Waals surface area contributed by atoms with E-state index in [0.29, 0.717) is 26.4 Å². The van der Waals surface area contributed by atoms with Gasteiger partial charge in [-0.3, -0.25) is 0 Å². The van der Waals surface area contributed by atoms with Crippen LogP contribution < -0.4 is 24.8 Å². The number of hydrogen-bond acceptors (Lipinski definition) is 4. The molecule has 4 rings (SSSR count). The fraction of sp³-hybridized carbons (Fsp3) is 0.316. The van der Waals surface area contributed by atoms with Crippen molar-refractivity contribution in [1.29, 1.82) is 0 Å². The predicted molar refractivity (Wildman–Crippen MR) is 92.1 cm³/mol. The number of amides is 2. The van der Waals surface area contributed by atoms with Crippen molar-refractivity contribution in [3.8, 4) is 17.2 Å². The molecule has 2 N–H and O–H groups in total. The Balaban J connectivity index is 1.36. The molecular formula is C19H20N2O4. The van der Waals surface area contributed by atoms with E-state index in [4.69, 9.17) is 14.2 Å². The van der Waals surface area contributed by atoms with E-state index in [-0.39, 0.29) is 12.1 Å². The minimum absolute atomic E-state index is 0.0368. The summed E-state index contributed by atoms with van der Waals surface area (Å²) in [6.45, 7) is 2.14. The molecule has 0 aliphatic carbocycles. The number of fused-ring (bicyclic) bond motifs is 2. The minimum atomic E-state index is -0.198. The summed E-state index contributed by atoms with van der Waals surface area (Å²) in [5.74, 6) is 2.31. The summed E-state index contributed by atoms with van der Waals surface area (Å²) in [6, 6.07) is 13.3. The summed E-state index contributed by atoms with van der Waals surface area (Å²) in [7, 11) is 0. The monoisotopic (exact) mass is 340 g/mol. The topological polar surface area (TPSA) is 68.8 Å². The third-order valence-electron chi connectivity index (χ3n) is 4.32. The summed E-state index contributed by atoms with van der Waals surface area (Å²) in [6.07, 6.45) is 0.758. The van der Waals surface area contributed by atoms with Crippen LogP contribution in [0.4, 0.5) is 4.79 Å². The third kappa shape index (κ3) is 3.47. The van der Waals surface area contributed by atoms with Gasteiger partial charge in [0.15, 0.2) is 11.5 Å². The Morgan fingerprint density at radius 1 is 0.960 bits per heavy atom. The zero-order valence-electron chi connectivity index (χ0n) is 13.8. The van der Waals surface area contributed by atoms with Gasteiger partial charge >= 0.3 is 6.03 Å². The lowest BCUT2D eigenvalue weighted by Crippen LogP contribution is -2.39. The molecule has 1 unspecified atom stereocenters. The molecule has 0 radical (unpaired) electrons. The molecular weight excluding hydrogens is 320 g/mol. The van der Waals surface area contributed by atoms with E-state index >= 15 is 0 Å². The van der Waals surface area contributed by atoms with E-state index in [0.717, 1.165) is 34.8 Å². The number of carbonyl (C=O) groups excluding carboxylic acids is 1. The molecule has 1 atom stereocenters. The van der Waals surface area contributed by atoms with Crippen LogP contribution in [0.2, 0.25) is 0 Å². The van der Waals surface area contributed by atoms with E-state index in [1.54, 1.807) is 0 Å². The largest absolute Gasteiger partial charge is 0.493 e. The molecule has 2 aromatic carbocycles. The number of ether oxygens (including phenoxy) is 3. The van der Waals surface area contributed by atoms with Gasteiger partial charge in [0.05, 0.1) is 12.6 Å². The first-order valence-corrected chi connectivity index (χ1v) is 8.44. The summed E-state index contributed by atoms with van der Waals surface area (Å²) < 4.78 is 16.7. The Bertz CT molecular complexity index is 778. The van der Waals surface area contributed by atoms with Gasteiger partial charge in [-0.05, 0) is 23.8 Å². The maximum Gasteiger partial charge on any atom is 0.315 e. The number of carbonyl (C=O) groups is 1. The van der Waals surface area contributed by atoms with Crippen LogP contribution in [-0.2, 0) is 6.54 Å². The fourth-order valence-corrected chi connectivity index (χ4v) is 3.08. The van der Waals surface area contributed by atoms with Crippen molar-refractivity contribution >= 4 is 6.03 Å². The molecule has 0 aromatic heterocycles. The van der Waals surface area contributed by atoms with E-state index in [9.17, 15) is 4.79 Å². The molecule has 2 aliphatic rings. The number of rotatable bonds is 3. The second-order valence-electron chi connectivity index (χ2n) is 6.03. The SMILES string of the molecule is O=C(NCc1ccc2c(c1)OCCO2)NC1CCOc2ccccc21. The van der Waals surface area contributed by atoms with E-state index in [2.05, 4.69) is 10.6 Å².